The molecule has 122 valence electrons. The average molecular weight is 349 g/mol. The number of alkyl halides is 3. The molecule has 1 saturated heterocycles. The lowest BCUT2D eigenvalue weighted by Crippen LogP contribution is -2.44. The number of nitrogens with zero attached hydrogens (tertiary/aromatic N) is 1. The van der Waals surface area contributed by atoms with Crippen LogP contribution in [0.1, 0.15) is 24.1 Å². The van der Waals surface area contributed by atoms with Crippen LogP contribution in [-0.4, -0.2) is 31.1 Å². The van der Waals surface area contributed by atoms with E-state index in [2.05, 4.69) is 5.32 Å². The minimum absolute atomic E-state index is 0. The molecule has 0 saturated carbocycles. The van der Waals surface area contributed by atoms with Gasteiger partial charge in [0.25, 0.3) is 0 Å². The Morgan fingerprint density at radius 1 is 1.10 bits per heavy atom. The van der Waals surface area contributed by atoms with E-state index < -0.39 is 17.6 Å². The van der Waals surface area contributed by atoms with Gasteiger partial charge in [0.15, 0.2) is 0 Å². The molecule has 8 heteroatoms. The minimum Gasteiger partial charge on any atom is -0.314 e. The van der Waals surface area contributed by atoms with Crippen molar-refractivity contribution >= 4 is 24.8 Å². The molecule has 1 fully saturated rings. The van der Waals surface area contributed by atoms with Gasteiger partial charge in [-0.2, -0.15) is 13.2 Å². The highest BCUT2D eigenvalue weighted by Crippen LogP contribution is 2.32. The van der Waals surface area contributed by atoms with Crippen LogP contribution < -0.4 is 5.32 Å². The van der Waals surface area contributed by atoms with E-state index in [4.69, 9.17) is 0 Å². The highest BCUT2D eigenvalue weighted by atomic mass is 35.5. The van der Waals surface area contributed by atoms with Crippen molar-refractivity contribution in [1.82, 2.24) is 10.2 Å². The van der Waals surface area contributed by atoms with Gasteiger partial charge < -0.3 is 5.32 Å². The molecule has 1 N–H and O–H groups in total. The topological polar surface area (TPSA) is 15.3 Å². The summed E-state index contributed by atoms with van der Waals surface area (Å²) in [5, 5.41) is 3.17. The highest BCUT2D eigenvalue weighted by Gasteiger charge is 2.32. The SMILES string of the molecule is C[C@@H](c1cc(F)cc(C(F)(F)F)c1)N1CCNCC1.Cl.Cl. The van der Waals surface area contributed by atoms with E-state index in [1.165, 1.54) is 6.07 Å². The van der Waals surface area contributed by atoms with Gasteiger partial charge in [-0.15, -0.1) is 24.8 Å². The van der Waals surface area contributed by atoms with Gasteiger partial charge in [-0.3, -0.25) is 4.90 Å². The lowest BCUT2D eigenvalue weighted by Gasteiger charge is -2.33. The summed E-state index contributed by atoms with van der Waals surface area (Å²) in [7, 11) is 0. The van der Waals surface area contributed by atoms with E-state index in [9.17, 15) is 17.6 Å². The van der Waals surface area contributed by atoms with Crippen LogP contribution in [-0.2, 0) is 6.18 Å². The molecular formula is C13H18Cl2F4N2. The molecule has 1 aromatic rings. The fourth-order valence-electron chi connectivity index (χ4n) is 2.30. The summed E-state index contributed by atoms with van der Waals surface area (Å²) >= 11 is 0. The van der Waals surface area contributed by atoms with Crippen molar-refractivity contribution in [2.24, 2.45) is 0 Å². The maximum atomic E-state index is 13.4. The van der Waals surface area contributed by atoms with Gasteiger partial charge in [-0.1, -0.05) is 0 Å². The standard InChI is InChI=1S/C13H16F4N2.2ClH/c1-9(19-4-2-18-3-5-19)10-6-11(13(15,16)17)8-12(14)7-10;;/h6-9,18H,2-5H2,1H3;2*1H/t9-;;/m0../s1. The minimum atomic E-state index is -4.51. The number of hydrogen-bond donors (Lipinski definition) is 1. The molecule has 1 aliphatic heterocycles. The molecule has 0 aliphatic carbocycles. The molecule has 0 radical (unpaired) electrons. The van der Waals surface area contributed by atoms with Crippen LogP contribution in [0, 0.1) is 5.82 Å². The van der Waals surface area contributed by atoms with Crippen molar-refractivity contribution < 1.29 is 17.6 Å². The van der Waals surface area contributed by atoms with Gasteiger partial charge in [-0.05, 0) is 30.7 Å². The quantitative estimate of drug-likeness (QED) is 0.820. The smallest absolute Gasteiger partial charge is 0.314 e. The number of piperazine rings is 1. The second-order valence-electron chi connectivity index (χ2n) is 4.73. The molecule has 21 heavy (non-hydrogen) atoms. The number of hydrogen-bond acceptors (Lipinski definition) is 2. The highest BCUT2D eigenvalue weighted by molar-refractivity contribution is 5.85. The van der Waals surface area contributed by atoms with Crippen LogP contribution in [0.15, 0.2) is 18.2 Å². The molecule has 2 rings (SSSR count). The number of benzene rings is 1. The van der Waals surface area contributed by atoms with Crippen LogP contribution in [0.3, 0.4) is 0 Å². The number of nitrogens with one attached hydrogen (secondary N) is 1. The Labute approximate surface area is 133 Å². The first-order chi connectivity index (χ1) is 8.88. The zero-order chi connectivity index (χ0) is 14.0. The monoisotopic (exact) mass is 348 g/mol. The van der Waals surface area contributed by atoms with Crippen LogP contribution in [0.4, 0.5) is 17.6 Å². The molecule has 1 atom stereocenters. The van der Waals surface area contributed by atoms with Gasteiger partial charge in [0, 0.05) is 32.2 Å². The Kier molecular flexibility index (Phi) is 7.95. The molecule has 0 amide bonds. The van der Waals surface area contributed by atoms with Gasteiger partial charge in [0.2, 0.25) is 0 Å². The fourth-order valence-corrected chi connectivity index (χ4v) is 2.30. The van der Waals surface area contributed by atoms with E-state index in [1.54, 1.807) is 6.92 Å². The zero-order valence-corrected chi connectivity index (χ0v) is 13.0. The first-order valence-corrected chi connectivity index (χ1v) is 6.20. The lowest BCUT2D eigenvalue weighted by molar-refractivity contribution is -0.137. The van der Waals surface area contributed by atoms with Gasteiger partial charge in [-0.25, -0.2) is 4.39 Å². The van der Waals surface area contributed by atoms with Gasteiger partial charge >= 0.3 is 6.18 Å². The third-order valence-electron chi connectivity index (χ3n) is 3.43. The summed E-state index contributed by atoms with van der Waals surface area (Å²) in [6, 6.07) is 2.53. The Morgan fingerprint density at radius 3 is 2.19 bits per heavy atom. The molecular weight excluding hydrogens is 331 g/mol. The summed E-state index contributed by atoms with van der Waals surface area (Å²) in [4.78, 5) is 2.05. The molecule has 1 aromatic carbocycles. The van der Waals surface area contributed by atoms with E-state index >= 15 is 0 Å². The summed E-state index contributed by atoms with van der Waals surface area (Å²) in [5.74, 6) is -0.841. The van der Waals surface area contributed by atoms with E-state index in [1.807, 2.05) is 4.90 Å². The maximum Gasteiger partial charge on any atom is 0.416 e. The fraction of sp³-hybridized carbons (Fsp3) is 0.538. The molecule has 1 heterocycles. The first kappa shape index (κ1) is 20.4. The third-order valence-corrected chi connectivity index (χ3v) is 3.43. The van der Waals surface area contributed by atoms with Crippen molar-refractivity contribution in [2.45, 2.75) is 19.1 Å². The molecule has 1 aliphatic rings. The predicted molar refractivity (Wildman–Crippen MR) is 78.8 cm³/mol. The predicted octanol–water partition coefficient (Wildman–Crippen LogP) is 3.65. The molecule has 0 unspecified atom stereocenters. The summed E-state index contributed by atoms with van der Waals surface area (Å²) in [5.41, 5.74) is -0.557. The van der Waals surface area contributed by atoms with Crippen molar-refractivity contribution in [3.8, 4) is 0 Å². The molecule has 0 spiro atoms. The van der Waals surface area contributed by atoms with Crippen LogP contribution in [0.25, 0.3) is 0 Å². The molecule has 2 nitrogen and oxygen atoms in total. The summed E-state index contributed by atoms with van der Waals surface area (Å²) in [6.45, 7) is 4.90. The Bertz CT molecular complexity index is 448. The third kappa shape index (κ3) is 5.29. The van der Waals surface area contributed by atoms with Gasteiger partial charge in [0.05, 0.1) is 5.56 Å². The summed E-state index contributed by atoms with van der Waals surface area (Å²) in [6.07, 6.45) is -4.51. The molecule has 0 aromatic heterocycles. The second-order valence-corrected chi connectivity index (χ2v) is 4.73. The van der Waals surface area contributed by atoms with Gasteiger partial charge in [0.1, 0.15) is 5.82 Å². The Morgan fingerprint density at radius 2 is 1.67 bits per heavy atom. The van der Waals surface area contributed by atoms with Crippen molar-refractivity contribution in [1.29, 1.82) is 0 Å². The van der Waals surface area contributed by atoms with Crippen LogP contribution >= 0.6 is 24.8 Å². The number of halogens is 6. The zero-order valence-electron chi connectivity index (χ0n) is 11.4. The van der Waals surface area contributed by atoms with E-state index in [0.29, 0.717) is 11.6 Å². The average Bonchev–Trinajstić information content (AvgIpc) is 2.37. The van der Waals surface area contributed by atoms with Crippen molar-refractivity contribution in [3.05, 3.63) is 35.1 Å². The maximum absolute atomic E-state index is 13.4. The van der Waals surface area contributed by atoms with Crippen LogP contribution in [0.2, 0.25) is 0 Å². The van der Waals surface area contributed by atoms with Crippen molar-refractivity contribution in [2.75, 3.05) is 26.2 Å². The van der Waals surface area contributed by atoms with Crippen LogP contribution in [0.5, 0.6) is 0 Å². The lowest BCUT2D eigenvalue weighted by atomic mass is 10.0. The molecule has 0 bridgehead atoms. The Hall–Kier alpha value is -0.560. The number of rotatable bonds is 2. The normalized spacial score (nSPS) is 17.6. The Balaban J connectivity index is 0.00000200. The summed E-state index contributed by atoms with van der Waals surface area (Å²) < 4.78 is 51.3. The second kappa shape index (κ2) is 8.17. The largest absolute Gasteiger partial charge is 0.416 e. The van der Waals surface area contributed by atoms with E-state index in [-0.39, 0.29) is 30.9 Å². The first-order valence-electron chi connectivity index (χ1n) is 6.20. The van der Waals surface area contributed by atoms with E-state index in [0.717, 1.165) is 32.2 Å². The van der Waals surface area contributed by atoms with Crippen molar-refractivity contribution in [3.63, 3.8) is 0 Å².